The molecule has 3 heterocycles. The van der Waals surface area contributed by atoms with E-state index >= 15 is 0 Å². The Morgan fingerprint density at radius 1 is 0.750 bits per heavy atom. The number of carbonyl (C=O) groups excluding carboxylic acids is 2. The molecular formula is C30H52NNaO19S. The molecule has 0 radical (unpaired) electrons. The van der Waals surface area contributed by atoms with Crippen LogP contribution in [0.15, 0.2) is 0 Å². The maximum absolute atomic E-state index is 12.5. The van der Waals surface area contributed by atoms with E-state index in [0.29, 0.717) is 19.3 Å². The summed E-state index contributed by atoms with van der Waals surface area (Å²) in [6, 6.07) is -1.29. The third-order valence-electron chi connectivity index (χ3n) is 8.88. The van der Waals surface area contributed by atoms with Crippen molar-refractivity contribution in [2.24, 2.45) is 0 Å². The Kier molecular flexibility index (Phi) is 20.2. The van der Waals surface area contributed by atoms with Crippen molar-refractivity contribution < 1.29 is 120 Å². The van der Waals surface area contributed by atoms with E-state index in [0.717, 1.165) is 25.7 Å². The minimum Gasteiger partial charge on any atom is -0.726 e. The standard InChI is InChI=1S/C30H53NO19S.Na/c1-14-20(35)22(37)23(38)29(45-14)49-26-19(31-16(3)33)28(44-12-10-8-6-5-7-9-11-18(34)43-4)47-17(13-32)25(26)48-30-24(39)27(50-51(40,41)42)21(36)15(2)46-30;/h14-15,17,19-30,32,35-39H,5-13H2,1-4H3,(H,31,33)(H,40,41,42);/q;+1/p-1/t14-,15+,17+,19+,20+,21-,22+,23-,24+,25+,26+,27-,28+,29-,30-;/m0./s1. The zero-order valence-corrected chi connectivity index (χ0v) is 32.7. The third kappa shape index (κ3) is 13.5. The van der Waals surface area contributed by atoms with Gasteiger partial charge in [0, 0.05) is 20.0 Å². The van der Waals surface area contributed by atoms with Crippen LogP contribution in [0.4, 0.5) is 0 Å². The number of aliphatic hydroxyl groups is 6. The summed E-state index contributed by atoms with van der Waals surface area (Å²) < 4.78 is 78.4. The molecule has 3 saturated heterocycles. The number of hydrogen-bond donors (Lipinski definition) is 7. The number of esters is 1. The molecule has 3 rings (SSSR count). The number of unbranched alkanes of at least 4 members (excludes halogenated alkanes) is 5. The molecule has 3 aliphatic rings. The van der Waals surface area contributed by atoms with Crippen LogP contribution in [-0.4, -0.2) is 168 Å². The molecule has 0 bridgehead atoms. The summed E-state index contributed by atoms with van der Waals surface area (Å²) >= 11 is 0. The molecule has 22 heteroatoms. The number of amides is 1. The summed E-state index contributed by atoms with van der Waals surface area (Å²) in [5, 5.41) is 65.8. The fourth-order valence-electron chi connectivity index (χ4n) is 6.08. The zero-order valence-electron chi connectivity index (χ0n) is 29.9. The second-order valence-electron chi connectivity index (χ2n) is 12.8. The maximum Gasteiger partial charge on any atom is 1.00 e. The van der Waals surface area contributed by atoms with E-state index in [9.17, 15) is 53.2 Å². The first-order chi connectivity index (χ1) is 24.0. The van der Waals surface area contributed by atoms with E-state index in [-0.39, 0.29) is 42.1 Å². The van der Waals surface area contributed by atoms with Crippen molar-refractivity contribution in [3.05, 3.63) is 0 Å². The molecule has 0 aromatic rings. The Morgan fingerprint density at radius 2 is 1.31 bits per heavy atom. The van der Waals surface area contributed by atoms with Crippen molar-refractivity contribution in [3.8, 4) is 0 Å². The van der Waals surface area contributed by atoms with Crippen molar-refractivity contribution in [2.75, 3.05) is 20.3 Å². The van der Waals surface area contributed by atoms with Crippen molar-refractivity contribution in [3.63, 3.8) is 0 Å². The first kappa shape index (κ1) is 47.5. The molecule has 0 spiro atoms. The molecule has 3 fully saturated rings. The molecule has 0 aromatic carbocycles. The van der Waals surface area contributed by atoms with Gasteiger partial charge in [-0.1, -0.05) is 25.7 Å². The molecule has 298 valence electrons. The molecule has 0 aliphatic carbocycles. The molecule has 3 aliphatic heterocycles. The quantitative estimate of drug-likeness (QED) is 0.0224. The average Bonchev–Trinajstić information content (AvgIpc) is 3.07. The van der Waals surface area contributed by atoms with E-state index < -0.39 is 115 Å². The van der Waals surface area contributed by atoms with Crippen LogP contribution in [0.5, 0.6) is 0 Å². The second-order valence-corrected chi connectivity index (χ2v) is 13.8. The van der Waals surface area contributed by atoms with Crippen LogP contribution in [0.3, 0.4) is 0 Å². The Balaban J connectivity index is 0.00000936. The van der Waals surface area contributed by atoms with Crippen LogP contribution < -0.4 is 34.9 Å². The summed E-state index contributed by atoms with van der Waals surface area (Å²) in [6.07, 6.45) is -17.7. The zero-order chi connectivity index (χ0) is 38.0. The number of nitrogens with one attached hydrogen (secondary N) is 1. The Labute approximate surface area is 324 Å². The fraction of sp³-hybridized carbons (Fsp3) is 0.933. The molecule has 0 unspecified atom stereocenters. The van der Waals surface area contributed by atoms with Gasteiger partial charge in [0.25, 0.3) is 0 Å². The van der Waals surface area contributed by atoms with Crippen molar-refractivity contribution in [1.82, 2.24) is 5.32 Å². The van der Waals surface area contributed by atoms with E-state index in [1.54, 1.807) is 0 Å². The van der Waals surface area contributed by atoms with Crippen LogP contribution in [0.1, 0.15) is 65.7 Å². The summed E-state index contributed by atoms with van der Waals surface area (Å²) in [7, 11) is -4.09. The molecule has 20 nitrogen and oxygen atoms in total. The molecule has 1 amide bonds. The number of rotatable bonds is 18. The van der Waals surface area contributed by atoms with Crippen LogP contribution in [0.25, 0.3) is 0 Å². The van der Waals surface area contributed by atoms with Gasteiger partial charge in [-0.3, -0.25) is 13.8 Å². The van der Waals surface area contributed by atoms with E-state index in [1.807, 2.05) is 0 Å². The Morgan fingerprint density at radius 3 is 1.88 bits per heavy atom. The summed E-state index contributed by atoms with van der Waals surface area (Å²) in [6.45, 7) is 3.20. The van der Waals surface area contributed by atoms with Gasteiger partial charge in [0.05, 0.1) is 25.9 Å². The molecule has 15 atom stereocenters. The maximum atomic E-state index is 12.5. The molecular weight excluding hydrogens is 733 g/mol. The van der Waals surface area contributed by atoms with Crippen LogP contribution >= 0.6 is 0 Å². The van der Waals surface area contributed by atoms with Gasteiger partial charge in [0.1, 0.15) is 61.0 Å². The van der Waals surface area contributed by atoms with Gasteiger partial charge in [-0.05, 0) is 26.7 Å². The monoisotopic (exact) mass is 785 g/mol. The van der Waals surface area contributed by atoms with Crippen molar-refractivity contribution >= 4 is 22.3 Å². The van der Waals surface area contributed by atoms with Gasteiger partial charge in [0.2, 0.25) is 16.3 Å². The predicted octanol–water partition coefficient (Wildman–Crippen LogP) is -5.96. The van der Waals surface area contributed by atoms with Gasteiger partial charge in [-0.2, -0.15) is 0 Å². The van der Waals surface area contributed by atoms with Crippen LogP contribution in [-0.2, 0) is 57.3 Å². The largest absolute Gasteiger partial charge is 1.00 e. The van der Waals surface area contributed by atoms with E-state index in [1.165, 1.54) is 27.9 Å². The minimum absolute atomic E-state index is 0. The van der Waals surface area contributed by atoms with Crippen molar-refractivity contribution in [1.29, 1.82) is 0 Å². The first-order valence-corrected chi connectivity index (χ1v) is 18.2. The van der Waals surface area contributed by atoms with Crippen molar-refractivity contribution in [2.45, 2.75) is 158 Å². The SMILES string of the molecule is COC(=O)CCCCCCCCO[C@@H]1O[C@H](CO)[C@@H](O[C@@H]2O[C@H](C)[C@H](O)[C@H](OS(=O)(=O)[O-])[C@H]2O)[C@H](O[C@@H]2O[C@@H](C)[C@@H](O)[C@@H](O)[C@@H]2O)[C@H]1NC(C)=O.[Na+]. The van der Waals surface area contributed by atoms with E-state index in [4.69, 9.17) is 28.4 Å². The van der Waals surface area contributed by atoms with Gasteiger partial charge in [-0.15, -0.1) is 0 Å². The minimum atomic E-state index is -5.43. The van der Waals surface area contributed by atoms with Crippen LogP contribution in [0, 0.1) is 0 Å². The number of carbonyl (C=O) groups is 2. The van der Waals surface area contributed by atoms with Gasteiger partial charge in [-0.25, -0.2) is 8.42 Å². The first-order valence-electron chi connectivity index (χ1n) is 16.9. The summed E-state index contributed by atoms with van der Waals surface area (Å²) in [5.41, 5.74) is 0. The normalized spacial score (nSPS) is 38.2. The molecule has 52 heavy (non-hydrogen) atoms. The predicted molar refractivity (Wildman–Crippen MR) is 167 cm³/mol. The number of methoxy groups -OCH3 is 1. The van der Waals surface area contributed by atoms with Crippen LogP contribution in [0.2, 0.25) is 0 Å². The number of aliphatic hydroxyl groups excluding tert-OH is 6. The Hall–Kier alpha value is -0.670. The Bertz CT molecular complexity index is 1200. The summed E-state index contributed by atoms with van der Waals surface area (Å²) in [4.78, 5) is 23.8. The van der Waals surface area contributed by atoms with Gasteiger partial charge >= 0.3 is 35.5 Å². The topological polar surface area (TPSA) is 299 Å². The molecule has 0 aromatic heterocycles. The average molecular weight is 786 g/mol. The summed E-state index contributed by atoms with van der Waals surface area (Å²) in [5.74, 6) is -0.870. The fourth-order valence-corrected chi connectivity index (χ4v) is 6.58. The van der Waals surface area contributed by atoms with E-state index in [2.05, 4.69) is 14.2 Å². The third-order valence-corrected chi connectivity index (χ3v) is 9.34. The van der Waals surface area contributed by atoms with Gasteiger partial charge in [0.15, 0.2) is 18.9 Å². The number of ether oxygens (including phenoxy) is 7. The second kappa shape index (κ2) is 22.2. The molecule has 7 N–H and O–H groups in total. The molecule has 0 saturated carbocycles. The number of hydrogen-bond acceptors (Lipinski definition) is 19. The van der Waals surface area contributed by atoms with Gasteiger partial charge < -0.3 is 73.7 Å². The smallest absolute Gasteiger partial charge is 0.726 e.